The summed E-state index contributed by atoms with van der Waals surface area (Å²) in [5.41, 5.74) is 5.40. The molecule has 78 valence electrons. The summed E-state index contributed by atoms with van der Waals surface area (Å²) in [7, 11) is 0. The van der Waals surface area contributed by atoms with E-state index in [1.807, 2.05) is 0 Å². The Morgan fingerprint density at radius 2 is 1.92 bits per heavy atom. The molecule has 13 heavy (non-hydrogen) atoms. The van der Waals surface area contributed by atoms with E-state index in [1.54, 1.807) is 0 Å². The van der Waals surface area contributed by atoms with Crippen molar-refractivity contribution in [2.75, 3.05) is 6.61 Å². The minimum Gasteiger partial charge on any atom is -0.394 e. The van der Waals surface area contributed by atoms with Crippen molar-refractivity contribution in [2.24, 2.45) is 5.73 Å². The Bertz CT molecular complexity index is 184. The molecule has 1 fully saturated rings. The molecule has 1 aliphatic rings. The van der Waals surface area contributed by atoms with Crippen LogP contribution >= 0.6 is 0 Å². The lowest BCUT2D eigenvalue weighted by molar-refractivity contribution is -0.305. The predicted molar refractivity (Wildman–Crippen MR) is 42.6 cm³/mol. The fraction of sp³-hybridized carbons (Fsp3) is 1.00. The molecule has 1 heterocycles. The van der Waals surface area contributed by atoms with E-state index in [2.05, 4.69) is 0 Å². The average Bonchev–Trinajstić information content (AvgIpc) is 2.08. The molecular formula is C7H15NO5. The predicted octanol–water partition coefficient (Wildman–Crippen LogP) is -2.86. The van der Waals surface area contributed by atoms with Crippen LogP contribution in [0.2, 0.25) is 0 Å². The summed E-state index contributed by atoms with van der Waals surface area (Å²) >= 11 is 0. The highest BCUT2D eigenvalue weighted by Crippen LogP contribution is 2.25. The molecule has 0 bridgehead atoms. The summed E-state index contributed by atoms with van der Waals surface area (Å²) in [6.45, 7) is 0.788. The molecule has 1 saturated heterocycles. The smallest absolute Gasteiger partial charge is 0.181 e. The maximum absolute atomic E-state index is 9.50. The molecule has 0 spiro atoms. The van der Waals surface area contributed by atoms with Crippen molar-refractivity contribution in [3.63, 3.8) is 0 Å². The van der Waals surface area contributed by atoms with Gasteiger partial charge >= 0.3 is 0 Å². The minimum absolute atomic E-state index is 0.485. The second kappa shape index (κ2) is 3.49. The third kappa shape index (κ3) is 1.83. The van der Waals surface area contributed by atoms with Crippen LogP contribution in [0, 0.1) is 0 Å². The van der Waals surface area contributed by atoms with Crippen molar-refractivity contribution in [1.29, 1.82) is 0 Å². The zero-order valence-electron chi connectivity index (χ0n) is 7.29. The first kappa shape index (κ1) is 10.8. The van der Waals surface area contributed by atoms with E-state index >= 15 is 0 Å². The Morgan fingerprint density at radius 1 is 1.38 bits per heavy atom. The zero-order chi connectivity index (χ0) is 10.2. The van der Waals surface area contributed by atoms with Gasteiger partial charge < -0.3 is 30.9 Å². The van der Waals surface area contributed by atoms with Crippen LogP contribution in [0.5, 0.6) is 0 Å². The lowest BCUT2D eigenvalue weighted by atomic mass is 9.92. The molecule has 0 unspecified atom stereocenters. The van der Waals surface area contributed by atoms with E-state index < -0.39 is 36.7 Å². The van der Waals surface area contributed by atoms with Gasteiger partial charge in [0, 0.05) is 0 Å². The van der Waals surface area contributed by atoms with E-state index in [9.17, 15) is 15.3 Å². The van der Waals surface area contributed by atoms with Gasteiger partial charge in [-0.1, -0.05) is 0 Å². The van der Waals surface area contributed by atoms with Crippen molar-refractivity contribution in [2.45, 2.75) is 37.1 Å². The third-order valence-electron chi connectivity index (χ3n) is 2.29. The second-order valence-electron chi connectivity index (χ2n) is 3.40. The average molecular weight is 193 g/mol. The topological polar surface area (TPSA) is 116 Å². The molecule has 0 saturated carbocycles. The highest BCUT2D eigenvalue weighted by atomic mass is 16.6. The number of aliphatic hydroxyl groups excluding tert-OH is 3. The molecule has 0 aromatic heterocycles. The first-order valence-electron chi connectivity index (χ1n) is 4.03. The summed E-state index contributed by atoms with van der Waals surface area (Å²) in [4.78, 5) is 0. The Morgan fingerprint density at radius 3 is 2.38 bits per heavy atom. The fourth-order valence-corrected chi connectivity index (χ4v) is 1.35. The largest absolute Gasteiger partial charge is 0.394 e. The van der Waals surface area contributed by atoms with Crippen molar-refractivity contribution in [3.05, 3.63) is 0 Å². The fourth-order valence-electron chi connectivity index (χ4n) is 1.35. The first-order valence-corrected chi connectivity index (χ1v) is 4.03. The van der Waals surface area contributed by atoms with Crippen LogP contribution < -0.4 is 5.73 Å². The summed E-state index contributed by atoms with van der Waals surface area (Å²) < 4.78 is 4.89. The summed E-state index contributed by atoms with van der Waals surface area (Å²) in [5.74, 6) is -1.73. The second-order valence-corrected chi connectivity index (χ2v) is 3.40. The van der Waals surface area contributed by atoms with Crippen molar-refractivity contribution < 1.29 is 25.2 Å². The van der Waals surface area contributed by atoms with E-state index in [1.165, 1.54) is 6.92 Å². The number of hydrogen-bond acceptors (Lipinski definition) is 6. The SMILES string of the molecule is C[C@@]1(O)O[C@H](CO)[C@@H](O)[C@H](O)[C@H]1N. The Balaban J connectivity index is 2.79. The van der Waals surface area contributed by atoms with Crippen molar-refractivity contribution >= 4 is 0 Å². The number of aliphatic hydroxyl groups is 4. The van der Waals surface area contributed by atoms with Gasteiger partial charge in [0.15, 0.2) is 5.79 Å². The van der Waals surface area contributed by atoms with E-state index in [4.69, 9.17) is 15.6 Å². The number of hydrogen-bond donors (Lipinski definition) is 5. The highest BCUT2D eigenvalue weighted by Gasteiger charge is 2.48. The summed E-state index contributed by atoms with van der Waals surface area (Å²) in [6, 6.07) is -1.09. The number of ether oxygens (including phenoxy) is 1. The molecule has 0 aliphatic carbocycles. The van der Waals surface area contributed by atoms with Gasteiger partial charge in [0.05, 0.1) is 12.6 Å². The number of rotatable bonds is 1. The van der Waals surface area contributed by atoms with Crippen LogP contribution in [-0.4, -0.2) is 57.2 Å². The Hall–Kier alpha value is -0.240. The van der Waals surface area contributed by atoms with Crippen molar-refractivity contribution in [1.82, 2.24) is 0 Å². The van der Waals surface area contributed by atoms with Gasteiger partial charge in [0.25, 0.3) is 0 Å². The van der Waals surface area contributed by atoms with Gasteiger partial charge in [-0.3, -0.25) is 0 Å². The van der Waals surface area contributed by atoms with Crippen LogP contribution in [-0.2, 0) is 4.74 Å². The molecule has 0 amide bonds. The quantitative estimate of drug-likeness (QED) is 0.306. The van der Waals surface area contributed by atoms with Crippen LogP contribution in [0.1, 0.15) is 6.92 Å². The molecular weight excluding hydrogens is 178 g/mol. The van der Waals surface area contributed by atoms with Crippen LogP contribution in [0.4, 0.5) is 0 Å². The van der Waals surface area contributed by atoms with Gasteiger partial charge in [-0.25, -0.2) is 0 Å². The minimum atomic E-state index is -1.73. The maximum atomic E-state index is 9.50. The van der Waals surface area contributed by atoms with Crippen molar-refractivity contribution in [3.8, 4) is 0 Å². The monoisotopic (exact) mass is 193 g/mol. The standard InChI is InChI=1S/C7H15NO5/c1-7(12)6(8)5(11)4(10)3(2-9)13-7/h3-6,9-12H,2,8H2,1H3/t3-,4-,5+,6-,7-/m1/s1. The van der Waals surface area contributed by atoms with E-state index in [0.29, 0.717) is 0 Å². The van der Waals surface area contributed by atoms with Gasteiger partial charge in [-0.2, -0.15) is 0 Å². The molecule has 0 aromatic rings. The molecule has 1 aliphatic heterocycles. The summed E-state index contributed by atoms with van der Waals surface area (Å²) in [5, 5.41) is 36.9. The summed E-state index contributed by atoms with van der Waals surface area (Å²) in [6.07, 6.45) is -3.59. The number of nitrogens with two attached hydrogens (primary N) is 1. The molecule has 6 N–H and O–H groups in total. The maximum Gasteiger partial charge on any atom is 0.181 e. The van der Waals surface area contributed by atoms with Crippen LogP contribution in [0.25, 0.3) is 0 Å². The molecule has 1 rings (SSSR count). The molecule has 0 radical (unpaired) electrons. The van der Waals surface area contributed by atoms with Gasteiger partial charge in [-0.15, -0.1) is 0 Å². The van der Waals surface area contributed by atoms with Gasteiger partial charge in [-0.05, 0) is 6.92 Å². The Kier molecular flexibility index (Phi) is 2.91. The van der Waals surface area contributed by atoms with Crippen LogP contribution in [0.15, 0.2) is 0 Å². The normalized spacial score (nSPS) is 52.2. The first-order chi connectivity index (χ1) is 5.90. The molecule has 0 aromatic carbocycles. The molecule has 6 heteroatoms. The van der Waals surface area contributed by atoms with Gasteiger partial charge in [0.2, 0.25) is 0 Å². The zero-order valence-corrected chi connectivity index (χ0v) is 7.29. The highest BCUT2D eigenvalue weighted by molar-refractivity contribution is 4.96. The molecule has 5 atom stereocenters. The van der Waals surface area contributed by atoms with E-state index in [0.717, 1.165) is 0 Å². The third-order valence-corrected chi connectivity index (χ3v) is 2.29. The van der Waals surface area contributed by atoms with Crippen LogP contribution in [0.3, 0.4) is 0 Å². The van der Waals surface area contributed by atoms with E-state index in [-0.39, 0.29) is 0 Å². The lowest BCUT2D eigenvalue weighted by Crippen LogP contribution is -2.67. The molecule has 6 nitrogen and oxygen atoms in total. The lowest BCUT2D eigenvalue weighted by Gasteiger charge is -2.44. The Labute approximate surface area is 75.6 Å². The van der Waals surface area contributed by atoms with Gasteiger partial charge in [0.1, 0.15) is 18.3 Å².